The number of nitrogens with zero attached hydrogens (tertiary/aromatic N) is 1. The number of ether oxygens (including phenoxy) is 1. The number of hydrogen-bond acceptors (Lipinski definition) is 3. The van der Waals surface area contributed by atoms with E-state index < -0.39 is 0 Å². The summed E-state index contributed by atoms with van der Waals surface area (Å²) in [6.45, 7) is 10.1. The molecule has 0 amide bonds. The van der Waals surface area contributed by atoms with E-state index >= 15 is 0 Å². The minimum atomic E-state index is 0.407. The highest BCUT2D eigenvalue weighted by molar-refractivity contribution is 4.95. The van der Waals surface area contributed by atoms with Crippen LogP contribution >= 0.6 is 0 Å². The second-order valence-electron chi connectivity index (χ2n) is 5.70. The quantitative estimate of drug-likeness (QED) is 0.795. The highest BCUT2D eigenvalue weighted by Gasteiger charge is 2.35. The molecule has 3 heteroatoms. The van der Waals surface area contributed by atoms with Crippen LogP contribution in [-0.4, -0.2) is 49.3 Å². The Hall–Kier alpha value is -0.120. The van der Waals surface area contributed by atoms with Crippen molar-refractivity contribution in [2.75, 3.05) is 32.8 Å². The zero-order valence-electron chi connectivity index (χ0n) is 11.5. The molecule has 2 aliphatic rings. The van der Waals surface area contributed by atoms with Crippen molar-refractivity contribution in [3.63, 3.8) is 0 Å². The van der Waals surface area contributed by atoms with Crippen molar-refractivity contribution in [1.82, 2.24) is 10.2 Å². The Kier molecular flexibility index (Phi) is 4.83. The maximum atomic E-state index is 5.75. The molecule has 0 bridgehead atoms. The van der Waals surface area contributed by atoms with Crippen molar-refractivity contribution < 1.29 is 4.74 Å². The molecule has 17 heavy (non-hydrogen) atoms. The number of nitrogens with one attached hydrogen (secondary N) is 1. The molecular formula is C14H28N2O. The van der Waals surface area contributed by atoms with Crippen LogP contribution in [0.25, 0.3) is 0 Å². The van der Waals surface area contributed by atoms with Crippen LogP contribution in [0.3, 0.4) is 0 Å². The maximum Gasteiger partial charge on any atom is 0.0700 e. The molecule has 0 spiro atoms. The Morgan fingerprint density at radius 1 is 1.41 bits per heavy atom. The molecule has 0 aliphatic carbocycles. The lowest BCUT2D eigenvalue weighted by Gasteiger charge is -2.39. The normalized spacial score (nSPS) is 35.3. The first-order chi connectivity index (χ1) is 8.28. The first-order valence-electron chi connectivity index (χ1n) is 7.37. The van der Waals surface area contributed by atoms with E-state index in [1.54, 1.807) is 0 Å². The van der Waals surface area contributed by atoms with Gasteiger partial charge in [-0.1, -0.05) is 20.3 Å². The van der Waals surface area contributed by atoms with Gasteiger partial charge >= 0.3 is 0 Å². The van der Waals surface area contributed by atoms with E-state index in [1.165, 1.54) is 38.8 Å². The van der Waals surface area contributed by atoms with E-state index in [1.807, 2.05) is 0 Å². The molecule has 0 aromatic heterocycles. The van der Waals surface area contributed by atoms with Gasteiger partial charge in [0.15, 0.2) is 0 Å². The molecule has 0 aromatic carbocycles. The molecule has 2 heterocycles. The Morgan fingerprint density at radius 3 is 2.94 bits per heavy atom. The minimum absolute atomic E-state index is 0.407. The van der Waals surface area contributed by atoms with Gasteiger partial charge in [0, 0.05) is 25.2 Å². The van der Waals surface area contributed by atoms with Crippen molar-refractivity contribution in [2.24, 2.45) is 0 Å². The van der Waals surface area contributed by atoms with Crippen molar-refractivity contribution >= 4 is 0 Å². The monoisotopic (exact) mass is 240 g/mol. The predicted molar refractivity (Wildman–Crippen MR) is 71.3 cm³/mol. The minimum Gasteiger partial charge on any atom is -0.376 e. The van der Waals surface area contributed by atoms with E-state index in [0.717, 1.165) is 26.1 Å². The average Bonchev–Trinajstić information content (AvgIpc) is 2.78. The molecule has 0 saturated carbocycles. The Bertz CT molecular complexity index is 226. The topological polar surface area (TPSA) is 24.5 Å². The summed E-state index contributed by atoms with van der Waals surface area (Å²) in [5.41, 5.74) is 0.407. The van der Waals surface area contributed by atoms with Crippen LogP contribution in [0.1, 0.15) is 46.0 Å². The van der Waals surface area contributed by atoms with E-state index in [4.69, 9.17) is 4.74 Å². The zero-order valence-corrected chi connectivity index (χ0v) is 11.5. The van der Waals surface area contributed by atoms with Gasteiger partial charge in [-0.25, -0.2) is 0 Å². The second-order valence-corrected chi connectivity index (χ2v) is 5.70. The summed E-state index contributed by atoms with van der Waals surface area (Å²) in [6.07, 6.45) is 6.92. The molecule has 2 fully saturated rings. The summed E-state index contributed by atoms with van der Waals surface area (Å²) in [5.74, 6) is 0. The van der Waals surface area contributed by atoms with E-state index in [0.29, 0.717) is 11.6 Å². The molecule has 2 saturated heterocycles. The highest BCUT2D eigenvalue weighted by Crippen LogP contribution is 2.26. The molecule has 100 valence electrons. The van der Waals surface area contributed by atoms with Crippen molar-refractivity contribution in [3.05, 3.63) is 0 Å². The fraction of sp³-hybridized carbons (Fsp3) is 1.00. The van der Waals surface area contributed by atoms with Gasteiger partial charge in [0.25, 0.3) is 0 Å². The summed E-state index contributed by atoms with van der Waals surface area (Å²) in [5, 5.41) is 3.77. The van der Waals surface area contributed by atoms with Gasteiger partial charge in [-0.3, -0.25) is 4.90 Å². The van der Waals surface area contributed by atoms with Gasteiger partial charge in [-0.05, 0) is 32.2 Å². The summed E-state index contributed by atoms with van der Waals surface area (Å²) in [7, 11) is 0. The van der Waals surface area contributed by atoms with Crippen molar-refractivity contribution in [1.29, 1.82) is 0 Å². The van der Waals surface area contributed by atoms with E-state index in [9.17, 15) is 0 Å². The Morgan fingerprint density at radius 2 is 2.29 bits per heavy atom. The third-order valence-corrected chi connectivity index (χ3v) is 4.27. The lowest BCUT2D eigenvalue weighted by atomic mass is 9.91. The van der Waals surface area contributed by atoms with Crippen LogP contribution < -0.4 is 5.32 Å². The molecule has 1 N–H and O–H groups in total. The van der Waals surface area contributed by atoms with E-state index in [-0.39, 0.29) is 0 Å². The lowest BCUT2D eigenvalue weighted by molar-refractivity contribution is -0.0374. The zero-order chi connectivity index (χ0) is 12.1. The smallest absolute Gasteiger partial charge is 0.0700 e. The van der Waals surface area contributed by atoms with Gasteiger partial charge in [-0.2, -0.15) is 0 Å². The van der Waals surface area contributed by atoms with Crippen LogP contribution in [0.2, 0.25) is 0 Å². The second kappa shape index (κ2) is 6.17. The van der Waals surface area contributed by atoms with Gasteiger partial charge in [0.1, 0.15) is 0 Å². The third kappa shape index (κ3) is 3.43. The molecule has 2 rings (SSSR count). The van der Waals surface area contributed by atoms with Crippen LogP contribution in [0.4, 0.5) is 0 Å². The summed E-state index contributed by atoms with van der Waals surface area (Å²) in [4.78, 5) is 2.62. The Labute approximate surface area is 106 Å². The molecular weight excluding hydrogens is 212 g/mol. The average molecular weight is 240 g/mol. The van der Waals surface area contributed by atoms with Crippen LogP contribution in [0.15, 0.2) is 0 Å². The summed E-state index contributed by atoms with van der Waals surface area (Å²) >= 11 is 0. The largest absolute Gasteiger partial charge is 0.376 e. The van der Waals surface area contributed by atoms with E-state index in [2.05, 4.69) is 24.1 Å². The first-order valence-corrected chi connectivity index (χ1v) is 7.37. The standard InChI is InChI=1S/C14H28N2O/c1-3-6-14(7-5-8-15-14)12-16-9-10-17-13(4-2)11-16/h13,15H,3-12H2,1-2H3. The fourth-order valence-electron chi connectivity index (χ4n) is 3.37. The molecule has 2 aliphatic heterocycles. The number of hydrogen-bond donors (Lipinski definition) is 1. The van der Waals surface area contributed by atoms with Gasteiger partial charge in [0.2, 0.25) is 0 Å². The first kappa shape index (κ1) is 13.3. The predicted octanol–water partition coefficient (Wildman–Crippen LogP) is 2.02. The van der Waals surface area contributed by atoms with Crippen molar-refractivity contribution in [2.45, 2.75) is 57.6 Å². The van der Waals surface area contributed by atoms with Crippen LogP contribution in [0.5, 0.6) is 0 Å². The molecule has 3 nitrogen and oxygen atoms in total. The van der Waals surface area contributed by atoms with Gasteiger partial charge in [0.05, 0.1) is 12.7 Å². The summed E-state index contributed by atoms with van der Waals surface area (Å²) in [6, 6.07) is 0. The highest BCUT2D eigenvalue weighted by atomic mass is 16.5. The number of morpholine rings is 1. The van der Waals surface area contributed by atoms with Gasteiger partial charge < -0.3 is 10.1 Å². The Balaban J connectivity index is 1.88. The molecule has 2 atom stereocenters. The molecule has 0 aromatic rings. The van der Waals surface area contributed by atoms with Crippen molar-refractivity contribution in [3.8, 4) is 0 Å². The SMILES string of the molecule is CCCC1(CN2CCOC(CC)C2)CCCN1. The lowest BCUT2D eigenvalue weighted by Crippen LogP contribution is -2.54. The van der Waals surface area contributed by atoms with Gasteiger partial charge in [-0.15, -0.1) is 0 Å². The summed E-state index contributed by atoms with van der Waals surface area (Å²) < 4.78 is 5.75. The molecule has 0 radical (unpaired) electrons. The van der Waals surface area contributed by atoms with Crippen LogP contribution in [0, 0.1) is 0 Å². The number of rotatable bonds is 5. The fourth-order valence-corrected chi connectivity index (χ4v) is 3.37. The molecule has 2 unspecified atom stereocenters. The maximum absolute atomic E-state index is 5.75. The third-order valence-electron chi connectivity index (χ3n) is 4.27. The van der Waals surface area contributed by atoms with Crippen LogP contribution in [-0.2, 0) is 4.74 Å².